The van der Waals surface area contributed by atoms with Crippen molar-refractivity contribution in [1.29, 1.82) is 0 Å². The third-order valence-corrected chi connectivity index (χ3v) is 2.14. The number of carbonyl (C=O) groups is 3. The number of esters is 3. The average molecular weight is 244 g/mol. The Labute approximate surface area is 101 Å². The number of carbonyl (C=O) groups excluding carboxylic acids is 3. The predicted octanol–water partition coefficient (Wildman–Crippen LogP) is 1.98. The smallest absolute Gasteiger partial charge is 0.355 e. The van der Waals surface area contributed by atoms with Crippen molar-refractivity contribution in [2.75, 3.05) is 0 Å². The maximum atomic E-state index is 11.4. The molecule has 1 unspecified atom stereocenters. The van der Waals surface area contributed by atoms with Crippen molar-refractivity contribution in [3.63, 3.8) is 0 Å². The number of hydrogen-bond donors (Lipinski definition) is 0. The summed E-state index contributed by atoms with van der Waals surface area (Å²) in [4.78, 5) is 32.9. The van der Waals surface area contributed by atoms with Crippen molar-refractivity contribution in [1.82, 2.24) is 0 Å². The van der Waals surface area contributed by atoms with E-state index in [1.165, 1.54) is 6.92 Å². The van der Waals surface area contributed by atoms with Crippen LogP contribution in [0.4, 0.5) is 0 Å². The average Bonchev–Trinajstić information content (AvgIpc) is 2.21. The van der Waals surface area contributed by atoms with Crippen LogP contribution < -0.4 is 0 Å². The second kappa shape index (κ2) is 8.73. The van der Waals surface area contributed by atoms with Crippen LogP contribution in [-0.2, 0) is 23.9 Å². The van der Waals surface area contributed by atoms with Crippen molar-refractivity contribution in [3.8, 4) is 0 Å². The molecule has 1 atom stereocenters. The Balaban J connectivity index is 4.17. The maximum Gasteiger partial charge on any atom is 0.355 e. The van der Waals surface area contributed by atoms with Crippen LogP contribution >= 0.6 is 0 Å². The van der Waals surface area contributed by atoms with Crippen molar-refractivity contribution in [2.45, 2.75) is 59.0 Å². The summed E-state index contributed by atoms with van der Waals surface area (Å²) in [5, 5.41) is 0. The maximum absolute atomic E-state index is 11.4. The third kappa shape index (κ3) is 8.42. The van der Waals surface area contributed by atoms with E-state index < -0.39 is 24.0 Å². The minimum atomic E-state index is -0.965. The molecule has 0 fully saturated rings. The first kappa shape index (κ1) is 15.6. The zero-order valence-electron chi connectivity index (χ0n) is 10.7. The molecule has 5 nitrogen and oxygen atoms in total. The van der Waals surface area contributed by atoms with Crippen LogP contribution in [0.1, 0.15) is 52.9 Å². The molecule has 5 heteroatoms. The van der Waals surface area contributed by atoms with E-state index in [2.05, 4.69) is 11.7 Å². The molecular weight excluding hydrogens is 224 g/mol. The van der Waals surface area contributed by atoms with Gasteiger partial charge in [-0.05, 0) is 12.8 Å². The van der Waals surface area contributed by atoms with Crippen molar-refractivity contribution in [2.24, 2.45) is 0 Å². The van der Waals surface area contributed by atoms with Crippen LogP contribution in [0.25, 0.3) is 0 Å². The van der Waals surface area contributed by atoms with Crippen molar-refractivity contribution in [3.05, 3.63) is 0 Å². The first-order valence-corrected chi connectivity index (χ1v) is 5.86. The Morgan fingerprint density at radius 2 is 1.65 bits per heavy atom. The van der Waals surface area contributed by atoms with E-state index in [-0.39, 0.29) is 0 Å². The zero-order chi connectivity index (χ0) is 13.3. The van der Waals surface area contributed by atoms with Gasteiger partial charge in [0.1, 0.15) is 0 Å². The molecule has 0 aromatic heterocycles. The largest absolute Gasteiger partial charge is 0.451 e. The highest BCUT2D eigenvalue weighted by Gasteiger charge is 2.24. The van der Waals surface area contributed by atoms with Crippen LogP contribution in [0.5, 0.6) is 0 Å². The van der Waals surface area contributed by atoms with Gasteiger partial charge in [-0.25, -0.2) is 4.79 Å². The van der Waals surface area contributed by atoms with E-state index in [1.54, 1.807) is 0 Å². The molecule has 0 heterocycles. The van der Waals surface area contributed by atoms with Gasteiger partial charge >= 0.3 is 17.9 Å². The van der Waals surface area contributed by atoms with Crippen LogP contribution in [0.3, 0.4) is 0 Å². The summed E-state index contributed by atoms with van der Waals surface area (Å²) in [6, 6.07) is 0. The highest BCUT2D eigenvalue weighted by atomic mass is 16.6. The van der Waals surface area contributed by atoms with Crippen LogP contribution in [0.15, 0.2) is 0 Å². The molecule has 0 aromatic carbocycles. The number of hydrogen-bond acceptors (Lipinski definition) is 5. The van der Waals surface area contributed by atoms with Crippen LogP contribution in [0, 0.1) is 0 Å². The van der Waals surface area contributed by atoms with Crippen LogP contribution in [-0.4, -0.2) is 24.0 Å². The Bertz CT molecular complexity index is 272. The third-order valence-electron chi connectivity index (χ3n) is 2.14. The molecule has 0 rings (SSSR count). The van der Waals surface area contributed by atoms with Gasteiger partial charge in [-0.15, -0.1) is 0 Å². The Kier molecular flexibility index (Phi) is 8.01. The summed E-state index contributed by atoms with van der Waals surface area (Å²) in [5.41, 5.74) is 0. The summed E-state index contributed by atoms with van der Waals surface area (Å²) in [6.07, 6.45) is 3.30. The quantitative estimate of drug-likeness (QED) is 0.389. The lowest BCUT2D eigenvalue weighted by Gasteiger charge is -2.14. The first-order valence-electron chi connectivity index (χ1n) is 5.86. The molecule has 0 radical (unpaired) electrons. The van der Waals surface area contributed by atoms with Gasteiger partial charge in [-0.1, -0.05) is 26.2 Å². The van der Waals surface area contributed by atoms with E-state index in [4.69, 9.17) is 4.74 Å². The van der Waals surface area contributed by atoms with E-state index in [0.29, 0.717) is 6.42 Å². The minimum Gasteiger partial charge on any atom is -0.451 e. The fourth-order valence-corrected chi connectivity index (χ4v) is 1.39. The van der Waals surface area contributed by atoms with E-state index in [1.807, 2.05) is 0 Å². The fourth-order valence-electron chi connectivity index (χ4n) is 1.39. The summed E-state index contributed by atoms with van der Waals surface area (Å²) < 4.78 is 9.24. The highest BCUT2D eigenvalue weighted by Crippen LogP contribution is 2.10. The zero-order valence-corrected chi connectivity index (χ0v) is 10.7. The first-order chi connectivity index (χ1) is 7.97. The SMILES string of the molecule is CCCCCCC(OC(C)=O)C(=O)OC(C)=O. The van der Waals surface area contributed by atoms with Gasteiger partial charge < -0.3 is 9.47 Å². The molecule has 98 valence electrons. The molecule has 0 aliphatic rings. The monoisotopic (exact) mass is 244 g/mol. The topological polar surface area (TPSA) is 69.7 Å². The van der Waals surface area contributed by atoms with E-state index in [0.717, 1.165) is 32.6 Å². The van der Waals surface area contributed by atoms with Crippen LogP contribution in [0.2, 0.25) is 0 Å². The molecule has 0 aromatic rings. The molecule has 0 aliphatic carbocycles. The second-order valence-corrected chi connectivity index (χ2v) is 3.86. The summed E-state index contributed by atoms with van der Waals surface area (Å²) in [5.74, 6) is -2.03. The normalized spacial score (nSPS) is 11.7. The highest BCUT2D eigenvalue weighted by molar-refractivity contribution is 5.88. The molecule has 0 N–H and O–H groups in total. The fraction of sp³-hybridized carbons (Fsp3) is 0.750. The minimum absolute atomic E-state index is 0.395. The Morgan fingerprint density at radius 1 is 1.00 bits per heavy atom. The van der Waals surface area contributed by atoms with Gasteiger partial charge in [0.2, 0.25) is 0 Å². The summed E-state index contributed by atoms with van der Waals surface area (Å²) in [7, 11) is 0. The molecule has 17 heavy (non-hydrogen) atoms. The van der Waals surface area contributed by atoms with Gasteiger partial charge in [-0.2, -0.15) is 0 Å². The van der Waals surface area contributed by atoms with Gasteiger partial charge in [0, 0.05) is 13.8 Å². The standard InChI is InChI=1S/C12H20O5/c1-4-5-6-7-8-11(16-9(2)13)12(15)17-10(3)14/h11H,4-8H2,1-3H3. The van der Waals surface area contributed by atoms with Gasteiger partial charge in [0.25, 0.3) is 0 Å². The molecule has 0 spiro atoms. The van der Waals surface area contributed by atoms with E-state index in [9.17, 15) is 14.4 Å². The lowest BCUT2D eigenvalue weighted by Crippen LogP contribution is -2.29. The van der Waals surface area contributed by atoms with Crippen molar-refractivity contribution >= 4 is 17.9 Å². The molecular formula is C12H20O5. The lowest BCUT2D eigenvalue weighted by molar-refractivity contribution is -0.172. The number of rotatable bonds is 7. The summed E-state index contributed by atoms with van der Waals surface area (Å²) >= 11 is 0. The van der Waals surface area contributed by atoms with Gasteiger partial charge in [0.15, 0.2) is 6.10 Å². The summed E-state index contributed by atoms with van der Waals surface area (Å²) in [6.45, 7) is 4.44. The lowest BCUT2D eigenvalue weighted by atomic mass is 10.1. The predicted molar refractivity (Wildman–Crippen MR) is 61.1 cm³/mol. The Hall–Kier alpha value is -1.39. The molecule has 0 saturated heterocycles. The number of ether oxygens (including phenoxy) is 2. The number of unbranched alkanes of at least 4 members (excludes halogenated alkanes) is 3. The van der Waals surface area contributed by atoms with Crippen molar-refractivity contribution < 1.29 is 23.9 Å². The molecule has 0 saturated carbocycles. The van der Waals surface area contributed by atoms with E-state index >= 15 is 0 Å². The molecule has 0 amide bonds. The molecule has 0 bridgehead atoms. The van der Waals surface area contributed by atoms with Gasteiger partial charge in [0.05, 0.1) is 0 Å². The Morgan fingerprint density at radius 3 is 2.12 bits per heavy atom. The van der Waals surface area contributed by atoms with Gasteiger partial charge in [-0.3, -0.25) is 9.59 Å². The molecule has 0 aliphatic heterocycles. The second-order valence-electron chi connectivity index (χ2n) is 3.86.